The van der Waals surface area contributed by atoms with Gasteiger partial charge in [0.15, 0.2) is 5.75 Å². The number of carbonyl (C=O) groups is 1. The SMILES string of the molecule is CC(C)NC(=O)N(S)c1ccc(O)c([N+](=O)[O-])c1. The Morgan fingerprint density at radius 1 is 1.56 bits per heavy atom. The van der Waals surface area contributed by atoms with Crippen LogP contribution in [0.5, 0.6) is 5.75 Å². The number of benzene rings is 1. The molecule has 98 valence electrons. The third-order valence-corrected chi connectivity index (χ3v) is 2.42. The molecule has 0 saturated carbocycles. The number of hydrogen-bond donors (Lipinski definition) is 3. The van der Waals surface area contributed by atoms with Gasteiger partial charge in [0, 0.05) is 12.1 Å². The van der Waals surface area contributed by atoms with Crippen LogP contribution in [-0.4, -0.2) is 22.1 Å². The van der Waals surface area contributed by atoms with E-state index in [-0.39, 0.29) is 11.7 Å². The molecule has 8 heteroatoms. The van der Waals surface area contributed by atoms with Crippen LogP contribution in [0.3, 0.4) is 0 Å². The minimum atomic E-state index is -0.735. The lowest BCUT2D eigenvalue weighted by atomic mass is 10.2. The summed E-state index contributed by atoms with van der Waals surface area (Å²) in [5.74, 6) is -0.463. The molecular weight excluding hydrogens is 258 g/mol. The van der Waals surface area contributed by atoms with Gasteiger partial charge < -0.3 is 10.4 Å². The highest BCUT2D eigenvalue weighted by atomic mass is 32.1. The fraction of sp³-hybridized carbons (Fsp3) is 0.300. The van der Waals surface area contributed by atoms with E-state index < -0.39 is 22.4 Å². The zero-order valence-corrected chi connectivity index (χ0v) is 10.7. The molecular formula is C10H13N3O4S. The number of anilines is 1. The molecule has 7 nitrogen and oxygen atoms in total. The van der Waals surface area contributed by atoms with Gasteiger partial charge in [-0.15, -0.1) is 0 Å². The van der Waals surface area contributed by atoms with Crippen molar-refractivity contribution in [1.29, 1.82) is 0 Å². The lowest BCUT2D eigenvalue weighted by Gasteiger charge is -2.18. The molecule has 0 bridgehead atoms. The second-order valence-corrected chi connectivity index (χ2v) is 4.25. The normalized spacial score (nSPS) is 10.2. The molecule has 0 aliphatic heterocycles. The van der Waals surface area contributed by atoms with E-state index in [1.165, 1.54) is 6.07 Å². The molecule has 1 rings (SSSR count). The monoisotopic (exact) mass is 271 g/mol. The van der Waals surface area contributed by atoms with Gasteiger partial charge in [-0.1, -0.05) is 12.8 Å². The second kappa shape index (κ2) is 5.58. The van der Waals surface area contributed by atoms with Crippen LogP contribution in [0.4, 0.5) is 16.2 Å². The molecule has 18 heavy (non-hydrogen) atoms. The first kappa shape index (κ1) is 14.1. The van der Waals surface area contributed by atoms with E-state index >= 15 is 0 Å². The molecule has 0 atom stereocenters. The number of aromatic hydroxyl groups is 1. The second-order valence-electron chi connectivity index (χ2n) is 3.85. The van der Waals surface area contributed by atoms with Crippen LogP contribution in [0.2, 0.25) is 0 Å². The van der Waals surface area contributed by atoms with Crippen molar-refractivity contribution >= 4 is 30.2 Å². The number of phenols is 1. The van der Waals surface area contributed by atoms with Gasteiger partial charge in [0.1, 0.15) is 0 Å². The quantitative estimate of drug-likeness (QED) is 0.445. The summed E-state index contributed by atoms with van der Waals surface area (Å²) in [5, 5.41) is 22.5. The highest BCUT2D eigenvalue weighted by Gasteiger charge is 2.19. The number of thiol groups is 1. The molecule has 0 spiro atoms. The third kappa shape index (κ3) is 3.27. The van der Waals surface area contributed by atoms with E-state index in [0.29, 0.717) is 0 Å². The molecule has 2 N–H and O–H groups in total. The summed E-state index contributed by atoms with van der Waals surface area (Å²) in [5.41, 5.74) is -0.287. The fourth-order valence-electron chi connectivity index (χ4n) is 1.22. The lowest BCUT2D eigenvalue weighted by molar-refractivity contribution is -0.385. The first-order valence-corrected chi connectivity index (χ1v) is 5.50. The molecule has 1 aromatic rings. The van der Waals surface area contributed by atoms with Gasteiger partial charge >= 0.3 is 11.7 Å². The number of hydrogen-bond acceptors (Lipinski definition) is 5. The number of nitrogens with zero attached hydrogens (tertiary/aromatic N) is 2. The Morgan fingerprint density at radius 2 is 2.17 bits per heavy atom. The van der Waals surface area contributed by atoms with E-state index in [9.17, 15) is 20.0 Å². The number of amides is 2. The molecule has 0 radical (unpaired) electrons. The zero-order valence-electron chi connectivity index (χ0n) is 9.82. The minimum Gasteiger partial charge on any atom is -0.502 e. The molecule has 0 aliphatic carbocycles. The maximum atomic E-state index is 11.6. The van der Waals surface area contributed by atoms with Crippen molar-refractivity contribution in [2.75, 3.05) is 4.31 Å². The van der Waals surface area contributed by atoms with Crippen LogP contribution in [0, 0.1) is 10.1 Å². The predicted octanol–water partition coefficient (Wildman–Crippen LogP) is 2.07. The molecule has 2 amide bonds. The third-order valence-electron chi connectivity index (χ3n) is 2.00. The van der Waals surface area contributed by atoms with Crippen molar-refractivity contribution < 1.29 is 14.8 Å². The maximum Gasteiger partial charge on any atom is 0.332 e. The molecule has 1 aromatic carbocycles. The van der Waals surface area contributed by atoms with Crippen molar-refractivity contribution in [3.63, 3.8) is 0 Å². The van der Waals surface area contributed by atoms with Gasteiger partial charge in [0.2, 0.25) is 0 Å². The van der Waals surface area contributed by atoms with Gasteiger partial charge in [-0.3, -0.25) is 10.1 Å². The Morgan fingerprint density at radius 3 is 2.67 bits per heavy atom. The molecule has 0 aliphatic rings. The lowest BCUT2D eigenvalue weighted by Crippen LogP contribution is -2.38. The first-order valence-electron chi connectivity index (χ1n) is 5.10. The van der Waals surface area contributed by atoms with Crippen LogP contribution in [-0.2, 0) is 0 Å². The van der Waals surface area contributed by atoms with E-state index in [4.69, 9.17) is 0 Å². The number of rotatable bonds is 3. The van der Waals surface area contributed by atoms with E-state index in [2.05, 4.69) is 18.1 Å². The number of phenolic OH excluding ortho intramolecular Hbond substituents is 1. The van der Waals surface area contributed by atoms with Crippen molar-refractivity contribution in [1.82, 2.24) is 5.32 Å². The highest BCUT2D eigenvalue weighted by molar-refractivity contribution is 7.82. The van der Waals surface area contributed by atoms with Gasteiger partial charge in [0.25, 0.3) is 0 Å². The molecule has 0 unspecified atom stereocenters. The minimum absolute atomic E-state index is 0.0840. The van der Waals surface area contributed by atoms with Crippen molar-refractivity contribution in [2.24, 2.45) is 0 Å². The Kier molecular flexibility index (Phi) is 4.38. The van der Waals surface area contributed by atoms with E-state index in [1.807, 2.05) is 0 Å². The summed E-state index contributed by atoms with van der Waals surface area (Å²) in [7, 11) is 0. The summed E-state index contributed by atoms with van der Waals surface area (Å²) < 4.78 is 0.937. The van der Waals surface area contributed by atoms with Crippen molar-refractivity contribution in [3.05, 3.63) is 28.3 Å². The van der Waals surface area contributed by atoms with Gasteiger partial charge in [-0.25, -0.2) is 9.10 Å². The van der Waals surface area contributed by atoms with Crippen LogP contribution in [0.15, 0.2) is 18.2 Å². The summed E-state index contributed by atoms with van der Waals surface area (Å²) in [6.07, 6.45) is 0. The summed E-state index contributed by atoms with van der Waals surface area (Å²) in [6.45, 7) is 3.55. The van der Waals surface area contributed by atoms with Crippen molar-refractivity contribution in [2.45, 2.75) is 19.9 Å². The predicted molar refractivity (Wildman–Crippen MR) is 69.9 cm³/mol. The highest BCUT2D eigenvalue weighted by Crippen LogP contribution is 2.31. The maximum absolute atomic E-state index is 11.6. The van der Waals surface area contributed by atoms with E-state index in [1.54, 1.807) is 13.8 Å². The van der Waals surface area contributed by atoms with Crippen LogP contribution in [0.1, 0.15) is 13.8 Å². The summed E-state index contributed by atoms with van der Waals surface area (Å²) >= 11 is 3.96. The van der Waals surface area contributed by atoms with Crippen LogP contribution < -0.4 is 9.62 Å². The number of nitro benzene ring substituents is 1. The Hall–Kier alpha value is -1.96. The largest absolute Gasteiger partial charge is 0.502 e. The Labute approximate surface area is 109 Å². The first-order chi connectivity index (χ1) is 8.32. The zero-order chi connectivity index (χ0) is 13.9. The molecule has 0 aromatic heterocycles. The Bertz CT molecular complexity index is 478. The van der Waals surface area contributed by atoms with Gasteiger partial charge in [-0.2, -0.15) is 0 Å². The average molecular weight is 271 g/mol. The Balaban J connectivity index is 3.00. The van der Waals surface area contributed by atoms with Gasteiger partial charge in [0.05, 0.1) is 10.6 Å². The number of urea groups is 1. The molecule has 0 saturated heterocycles. The smallest absolute Gasteiger partial charge is 0.332 e. The van der Waals surface area contributed by atoms with Crippen LogP contribution in [0.25, 0.3) is 0 Å². The topological polar surface area (TPSA) is 95.7 Å². The van der Waals surface area contributed by atoms with Gasteiger partial charge in [-0.05, 0) is 26.0 Å². The van der Waals surface area contributed by atoms with E-state index in [0.717, 1.165) is 16.4 Å². The van der Waals surface area contributed by atoms with Crippen LogP contribution >= 0.6 is 12.8 Å². The summed E-state index contributed by atoms with van der Waals surface area (Å²) in [6, 6.07) is 2.98. The number of nitrogens with one attached hydrogen (secondary N) is 1. The van der Waals surface area contributed by atoms with Crippen molar-refractivity contribution in [3.8, 4) is 5.75 Å². The average Bonchev–Trinajstić information content (AvgIpc) is 2.27. The standard InChI is InChI=1S/C10H13N3O4S/c1-6(2)11-10(15)12(18)7-3-4-9(14)8(5-7)13(16)17/h3-6,14,18H,1-2H3,(H,11,15). The number of nitro groups is 1. The fourth-order valence-corrected chi connectivity index (χ4v) is 1.40. The molecule has 0 fully saturated rings. The summed E-state index contributed by atoms with van der Waals surface area (Å²) in [4.78, 5) is 21.5. The number of carbonyl (C=O) groups excluding carboxylic acids is 1. The molecule has 0 heterocycles.